The Morgan fingerprint density at radius 3 is 3.25 bits per heavy atom. The quantitative estimate of drug-likeness (QED) is 0.841. The number of carbonyl (C=O) groups is 1. The summed E-state index contributed by atoms with van der Waals surface area (Å²) >= 11 is 1.61. The van der Waals surface area contributed by atoms with Gasteiger partial charge in [-0.1, -0.05) is 6.92 Å². The number of hydrogen-bond acceptors (Lipinski definition) is 4. The second-order valence-electron chi connectivity index (χ2n) is 3.98. The number of likely N-dealkylation sites (tertiary alicyclic amines) is 1. The molecular weight excluding hydrogens is 222 g/mol. The maximum Gasteiger partial charge on any atom is 0.240 e. The maximum absolute atomic E-state index is 12.0. The molecule has 1 aromatic rings. The van der Waals surface area contributed by atoms with E-state index in [-0.39, 0.29) is 11.9 Å². The van der Waals surface area contributed by atoms with Gasteiger partial charge in [0, 0.05) is 18.1 Å². The SMILES string of the molecule is CCCNC1CCN(Cc2nccs2)C1=O. The van der Waals surface area contributed by atoms with Crippen LogP contribution in [0.15, 0.2) is 11.6 Å². The molecule has 16 heavy (non-hydrogen) atoms. The lowest BCUT2D eigenvalue weighted by Gasteiger charge is -2.15. The van der Waals surface area contributed by atoms with Crippen molar-refractivity contribution in [2.75, 3.05) is 13.1 Å². The Morgan fingerprint density at radius 2 is 2.56 bits per heavy atom. The van der Waals surface area contributed by atoms with Gasteiger partial charge in [-0.3, -0.25) is 4.79 Å². The largest absolute Gasteiger partial charge is 0.335 e. The summed E-state index contributed by atoms with van der Waals surface area (Å²) in [5.41, 5.74) is 0. The highest BCUT2D eigenvalue weighted by Crippen LogP contribution is 2.16. The Kier molecular flexibility index (Phi) is 3.90. The molecule has 5 heteroatoms. The number of aromatic nitrogens is 1. The third-order valence-corrected chi connectivity index (χ3v) is 3.51. The molecule has 0 radical (unpaired) electrons. The highest BCUT2D eigenvalue weighted by atomic mass is 32.1. The molecule has 1 aliphatic heterocycles. The predicted octanol–water partition coefficient (Wildman–Crippen LogP) is 1.24. The van der Waals surface area contributed by atoms with Gasteiger partial charge in [-0.25, -0.2) is 4.98 Å². The minimum atomic E-state index is 0.0277. The minimum absolute atomic E-state index is 0.0277. The molecule has 1 aromatic heterocycles. The Morgan fingerprint density at radius 1 is 1.69 bits per heavy atom. The first-order valence-electron chi connectivity index (χ1n) is 5.71. The molecule has 0 aromatic carbocycles. The molecule has 1 fully saturated rings. The molecule has 0 aliphatic carbocycles. The van der Waals surface area contributed by atoms with Crippen LogP contribution in [0.5, 0.6) is 0 Å². The average molecular weight is 239 g/mol. The van der Waals surface area contributed by atoms with Gasteiger partial charge in [0.25, 0.3) is 0 Å². The topological polar surface area (TPSA) is 45.2 Å². The van der Waals surface area contributed by atoms with Crippen molar-refractivity contribution in [3.05, 3.63) is 16.6 Å². The lowest BCUT2D eigenvalue weighted by Crippen LogP contribution is -2.38. The molecule has 1 N–H and O–H groups in total. The molecule has 0 spiro atoms. The van der Waals surface area contributed by atoms with E-state index in [1.165, 1.54) is 0 Å². The van der Waals surface area contributed by atoms with Crippen LogP contribution in [0.1, 0.15) is 24.8 Å². The molecule has 0 saturated carbocycles. The molecule has 1 aliphatic rings. The van der Waals surface area contributed by atoms with Crippen LogP contribution >= 0.6 is 11.3 Å². The van der Waals surface area contributed by atoms with Crippen LogP contribution in [0.2, 0.25) is 0 Å². The Hall–Kier alpha value is -0.940. The van der Waals surface area contributed by atoms with E-state index in [2.05, 4.69) is 17.2 Å². The average Bonchev–Trinajstić information content (AvgIpc) is 2.89. The van der Waals surface area contributed by atoms with E-state index in [9.17, 15) is 4.79 Å². The third-order valence-electron chi connectivity index (χ3n) is 2.75. The summed E-state index contributed by atoms with van der Waals surface area (Å²) in [6, 6.07) is 0.0277. The first-order valence-corrected chi connectivity index (χ1v) is 6.59. The number of hydrogen-bond donors (Lipinski definition) is 1. The van der Waals surface area contributed by atoms with E-state index in [0.717, 1.165) is 30.9 Å². The van der Waals surface area contributed by atoms with Crippen molar-refractivity contribution in [1.82, 2.24) is 15.2 Å². The first-order chi connectivity index (χ1) is 7.81. The van der Waals surface area contributed by atoms with Crippen molar-refractivity contribution >= 4 is 17.2 Å². The zero-order valence-corrected chi connectivity index (χ0v) is 10.3. The smallest absolute Gasteiger partial charge is 0.240 e. The van der Waals surface area contributed by atoms with Crippen LogP contribution < -0.4 is 5.32 Å². The normalized spacial score (nSPS) is 20.7. The van der Waals surface area contributed by atoms with Gasteiger partial charge in [-0.15, -0.1) is 11.3 Å². The predicted molar refractivity (Wildman–Crippen MR) is 64.2 cm³/mol. The highest BCUT2D eigenvalue weighted by molar-refractivity contribution is 7.09. The zero-order chi connectivity index (χ0) is 11.4. The molecule has 2 heterocycles. The second-order valence-corrected chi connectivity index (χ2v) is 4.96. The molecule has 4 nitrogen and oxygen atoms in total. The van der Waals surface area contributed by atoms with E-state index in [1.54, 1.807) is 17.5 Å². The van der Waals surface area contributed by atoms with Crippen LogP contribution in [0.25, 0.3) is 0 Å². The van der Waals surface area contributed by atoms with E-state index in [1.807, 2.05) is 10.3 Å². The van der Waals surface area contributed by atoms with E-state index >= 15 is 0 Å². The van der Waals surface area contributed by atoms with Gasteiger partial charge in [0.15, 0.2) is 0 Å². The number of amides is 1. The van der Waals surface area contributed by atoms with Gasteiger partial charge >= 0.3 is 0 Å². The summed E-state index contributed by atoms with van der Waals surface area (Å²) in [6.45, 7) is 4.54. The van der Waals surface area contributed by atoms with Crippen LogP contribution in [0, 0.1) is 0 Å². The third kappa shape index (κ3) is 2.59. The summed E-state index contributed by atoms with van der Waals surface area (Å²) in [5, 5.41) is 6.25. The zero-order valence-electron chi connectivity index (χ0n) is 9.48. The minimum Gasteiger partial charge on any atom is -0.335 e. The maximum atomic E-state index is 12.0. The van der Waals surface area contributed by atoms with Gasteiger partial charge in [-0.2, -0.15) is 0 Å². The monoisotopic (exact) mass is 239 g/mol. The Labute approximate surface area is 99.7 Å². The number of nitrogens with zero attached hydrogens (tertiary/aromatic N) is 2. The standard InChI is InChI=1S/C11H17N3OS/c1-2-4-12-9-3-6-14(11(9)15)8-10-13-5-7-16-10/h5,7,9,12H,2-4,6,8H2,1H3. The van der Waals surface area contributed by atoms with Crippen molar-refractivity contribution < 1.29 is 4.79 Å². The first kappa shape index (κ1) is 11.5. The van der Waals surface area contributed by atoms with Crippen LogP contribution in [0.4, 0.5) is 0 Å². The Balaban J connectivity index is 1.87. The van der Waals surface area contributed by atoms with Crippen molar-refractivity contribution in [2.45, 2.75) is 32.4 Å². The molecular formula is C11H17N3OS. The van der Waals surface area contributed by atoms with Crippen molar-refractivity contribution in [3.63, 3.8) is 0 Å². The summed E-state index contributed by atoms with van der Waals surface area (Å²) in [6.07, 6.45) is 3.77. The molecule has 0 bridgehead atoms. The fraction of sp³-hybridized carbons (Fsp3) is 0.636. The lowest BCUT2D eigenvalue weighted by molar-refractivity contribution is -0.129. The second kappa shape index (κ2) is 5.41. The van der Waals surface area contributed by atoms with Crippen LogP contribution in [0.3, 0.4) is 0 Å². The van der Waals surface area contributed by atoms with Crippen LogP contribution in [-0.2, 0) is 11.3 Å². The highest BCUT2D eigenvalue weighted by Gasteiger charge is 2.31. The van der Waals surface area contributed by atoms with Crippen molar-refractivity contribution in [2.24, 2.45) is 0 Å². The van der Waals surface area contributed by atoms with E-state index < -0.39 is 0 Å². The van der Waals surface area contributed by atoms with E-state index in [0.29, 0.717) is 6.54 Å². The van der Waals surface area contributed by atoms with Crippen molar-refractivity contribution in [1.29, 1.82) is 0 Å². The van der Waals surface area contributed by atoms with Gasteiger partial charge in [0.1, 0.15) is 5.01 Å². The molecule has 1 atom stereocenters. The summed E-state index contributed by atoms with van der Waals surface area (Å²) in [7, 11) is 0. The number of nitrogens with one attached hydrogen (secondary N) is 1. The molecule has 1 amide bonds. The van der Waals surface area contributed by atoms with Crippen LogP contribution in [-0.4, -0.2) is 34.9 Å². The number of carbonyl (C=O) groups excluding carboxylic acids is 1. The fourth-order valence-corrected chi connectivity index (χ4v) is 2.53. The number of thiazole rings is 1. The van der Waals surface area contributed by atoms with Gasteiger partial charge < -0.3 is 10.2 Å². The fourth-order valence-electron chi connectivity index (χ4n) is 1.90. The molecule has 1 unspecified atom stereocenters. The van der Waals surface area contributed by atoms with Gasteiger partial charge in [0.05, 0.1) is 12.6 Å². The summed E-state index contributed by atoms with van der Waals surface area (Å²) in [4.78, 5) is 18.1. The van der Waals surface area contributed by atoms with Gasteiger partial charge in [0.2, 0.25) is 5.91 Å². The molecule has 1 saturated heterocycles. The Bertz CT molecular complexity index is 339. The number of rotatable bonds is 5. The van der Waals surface area contributed by atoms with Gasteiger partial charge in [-0.05, 0) is 19.4 Å². The summed E-state index contributed by atoms with van der Waals surface area (Å²) < 4.78 is 0. The lowest BCUT2D eigenvalue weighted by atomic mass is 10.2. The van der Waals surface area contributed by atoms with Crippen molar-refractivity contribution in [3.8, 4) is 0 Å². The van der Waals surface area contributed by atoms with E-state index in [4.69, 9.17) is 0 Å². The summed E-state index contributed by atoms with van der Waals surface area (Å²) in [5.74, 6) is 0.226. The molecule has 2 rings (SSSR count). The molecule has 88 valence electrons.